The second kappa shape index (κ2) is 3.95. The summed E-state index contributed by atoms with van der Waals surface area (Å²) in [7, 11) is 0. The Kier molecular flexibility index (Phi) is 2.86. The largest absolute Gasteiger partial charge is 0.381 e. The molecule has 0 radical (unpaired) electrons. The van der Waals surface area contributed by atoms with Crippen molar-refractivity contribution >= 4 is 0 Å². The van der Waals surface area contributed by atoms with Crippen molar-refractivity contribution in [2.75, 3.05) is 26.3 Å². The third-order valence-electron chi connectivity index (χ3n) is 3.34. The minimum Gasteiger partial charge on any atom is -0.381 e. The monoisotopic (exact) mass is 184 g/mol. The molecule has 2 rings (SSSR count). The molecule has 0 atom stereocenters. The Bertz CT molecular complexity index is 160. The third kappa shape index (κ3) is 2.03. The van der Waals surface area contributed by atoms with Gasteiger partial charge in [0.05, 0.1) is 5.66 Å². The molecule has 2 fully saturated rings. The fourth-order valence-corrected chi connectivity index (χ4v) is 2.38. The number of nitrogens with two attached hydrogens (primary N) is 1. The highest BCUT2D eigenvalue weighted by Crippen LogP contribution is 2.25. The molecule has 0 aromatic rings. The van der Waals surface area contributed by atoms with Crippen LogP contribution in [0.25, 0.3) is 0 Å². The lowest BCUT2D eigenvalue weighted by atomic mass is 9.96. The lowest BCUT2D eigenvalue weighted by Crippen LogP contribution is -2.60. The number of piperidine rings is 1. The van der Waals surface area contributed by atoms with Gasteiger partial charge in [-0.2, -0.15) is 0 Å². The zero-order valence-corrected chi connectivity index (χ0v) is 8.30. The average molecular weight is 184 g/mol. The highest BCUT2D eigenvalue weighted by Gasteiger charge is 2.34. The van der Waals surface area contributed by atoms with Gasteiger partial charge in [0.1, 0.15) is 0 Å². The molecule has 2 heterocycles. The van der Waals surface area contributed by atoms with Crippen LogP contribution in [0.3, 0.4) is 0 Å². The summed E-state index contributed by atoms with van der Waals surface area (Å²) in [6.45, 7) is 4.06. The standard InChI is InChI=1S/C10H20N2O/c11-10(4-8-13-9-5-10)12-6-2-1-3-7-12/h1-9,11H2. The Morgan fingerprint density at radius 3 is 2.23 bits per heavy atom. The number of ether oxygens (including phenoxy) is 1. The Labute approximate surface area is 80.2 Å². The molecule has 0 spiro atoms. The van der Waals surface area contributed by atoms with Gasteiger partial charge in [-0.25, -0.2) is 0 Å². The summed E-state index contributed by atoms with van der Waals surface area (Å²) in [6, 6.07) is 0. The van der Waals surface area contributed by atoms with Crippen molar-refractivity contribution in [1.29, 1.82) is 0 Å². The number of nitrogens with zero attached hydrogens (tertiary/aromatic N) is 1. The van der Waals surface area contributed by atoms with Gasteiger partial charge in [-0.05, 0) is 25.9 Å². The average Bonchev–Trinajstić information content (AvgIpc) is 2.20. The summed E-state index contributed by atoms with van der Waals surface area (Å²) in [6.07, 6.45) is 6.03. The molecule has 3 heteroatoms. The van der Waals surface area contributed by atoms with E-state index in [9.17, 15) is 0 Å². The number of hydrogen-bond donors (Lipinski definition) is 1. The zero-order valence-electron chi connectivity index (χ0n) is 8.30. The van der Waals surface area contributed by atoms with E-state index in [0.717, 1.165) is 26.1 Å². The van der Waals surface area contributed by atoms with Crippen LogP contribution < -0.4 is 5.73 Å². The van der Waals surface area contributed by atoms with Crippen LogP contribution in [-0.4, -0.2) is 36.9 Å². The molecule has 13 heavy (non-hydrogen) atoms. The maximum atomic E-state index is 6.38. The third-order valence-corrected chi connectivity index (χ3v) is 3.34. The normalized spacial score (nSPS) is 30.2. The highest BCUT2D eigenvalue weighted by molar-refractivity contribution is 4.88. The van der Waals surface area contributed by atoms with Crippen molar-refractivity contribution in [3.63, 3.8) is 0 Å². The van der Waals surface area contributed by atoms with Gasteiger partial charge in [-0.15, -0.1) is 0 Å². The Balaban J connectivity index is 1.94. The molecule has 0 amide bonds. The van der Waals surface area contributed by atoms with Gasteiger partial charge in [-0.3, -0.25) is 4.90 Å². The molecular formula is C10H20N2O. The Hall–Kier alpha value is -0.120. The van der Waals surface area contributed by atoms with E-state index in [-0.39, 0.29) is 5.66 Å². The van der Waals surface area contributed by atoms with Gasteiger partial charge in [0.25, 0.3) is 0 Å². The first-order chi connectivity index (χ1) is 6.31. The zero-order chi connectivity index (χ0) is 9.15. The molecule has 0 aromatic carbocycles. The van der Waals surface area contributed by atoms with E-state index in [2.05, 4.69) is 4.90 Å². The maximum Gasteiger partial charge on any atom is 0.0731 e. The summed E-state index contributed by atoms with van der Waals surface area (Å²) < 4.78 is 5.35. The van der Waals surface area contributed by atoms with Gasteiger partial charge < -0.3 is 10.5 Å². The molecule has 2 N–H and O–H groups in total. The van der Waals surface area contributed by atoms with E-state index >= 15 is 0 Å². The molecule has 0 aromatic heterocycles. The van der Waals surface area contributed by atoms with Crippen molar-refractivity contribution < 1.29 is 4.74 Å². The van der Waals surface area contributed by atoms with Gasteiger partial charge >= 0.3 is 0 Å². The second-order valence-corrected chi connectivity index (χ2v) is 4.26. The maximum absolute atomic E-state index is 6.38. The van der Waals surface area contributed by atoms with E-state index in [1.54, 1.807) is 0 Å². The molecule has 3 nitrogen and oxygen atoms in total. The predicted octanol–water partition coefficient (Wildman–Crippen LogP) is 0.938. The summed E-state index contributed by atoms with van der Waals surface area (Å²) in [5.41, 5.74) is 6.34. The van der Waals surface area contributed by atoms with Crippen molar-refractivity contribution in [3.05, 3.63) is 0 Å². The summed E-state index contributed by atoms with van der Waals surface area (Å²) >= 11 is 0. The second-order valence-electron chi connectivity index (χ2n) is 4.26. The van der Waals surface area contributed by atoms with E-state index in [1.165, 1.54) is 32.4 Å². The number of rotatable bonds is 1. The van der Waals surface area contributed by atoms with Crippen LogP contribution in [0.4, 0.5) is 0 Å². The van der Waals surface area contributed by atoms with Gasteiger partial charge in [-0.1, -0.05) is 6.42 Å². The molecule has 76 valence electrons. The summed E-state index contributed by atoms with van der Waals surface area (Å²) in [5, 5.41) is 0. The van der Waals surface area contributed by atoms with Crippen LogP contribution in [0.15, 0.2) is 0 Å². The predicted molar refractivity (Wildman–Crippen MR) is 52.4 cm³/mol. The van der Waals surface area contributed by atoms with Crippen LogP contribution in [0, 0.1) is 0 Å². The molecule has 2 aliphatic rings. The van der Waals surface area contributed by atoms with E-state index in [0.29, 0.717) is 0 Å². The van der Waals surface area contributed by atoms with Crippen LogP contribution in [0.5, 0.6) is 0 Å². The van der Waals surface area contributed by atoms with E-state index < -0.39 is 0 Å². The van der Waals surface area contributed by atoms with Gasteiger partial charge in [0.15, 0.2) is 0 Å². The van der Waals surface area contributed by atoms with Crippen molar-refractivity contribution in [1.82, 2.24) is 4.90 Å². The van der Waals surface area contributed by atoms with Gasteiger partial charge in [0.2, 0.25) is 0 Å². The first-order valence-electron chi connectivity index (χ1n) is 5.43. The Morgan fingerprint density at radius 1 is 1.00 bits per heavy atom. The minimum atomic E-state index is -0.0430. The lowest BCUT2D eigenvalue weighted by molar-refractivity contribution is -0.0331. The van der Waals surface area contributed by atoms with Gasteiger partial charge in [0, 0.05) is 26.1 Å². The molecule has 0 unspecified atom stereocenters. The van der Waals surface area contributed by atoms with Crippen LogP contribution in [-0.2, 0) is 4.74 Å². The van der Waals surface area contributed by atoms with Crippen LogP contribution >= 0.6 is 0 Å². The molecule has 2 aliphatic heterocycles. The molecule has 0 saturated carbocycles. The van der Waals surface area contributed by atoms with E-state index in [1.807, 2.05) is 0 Å². The van der Waals surface area contributed by atoms with Crippen LogP contribution in [0.1, 0.15) is 32.1 Å². The smallest absolute Gasteiger partial charge is 0.0731 e. The SMILES string of the molecule is NC1(N2CCCCC2)CCOCC1. The summed E-state index contributed by atoms with van der Waals surface area (Å²) in [4.78, 5) is 2.47. The number of hydrogen-bond acceptors (Lipinski definition) is 3. The lowest BCUT2D eigenvalue weighted by Gasteiger charge is -2.45. The van der Waals surface area contributed by atoms with Crippen LogP contribution in [0.2, 0.25) is 0 Å². The summed E-state index contributed by atoms with van der Waals surface area (Å²) in [5.74, 6) is 0. The van der Waals surface area contributed by atoms with Crippen molar-refractivity contribution in [2.24, 2.45) is 5.73 Å². The fraction of sp³-hybridized carbons (Fsp3) is 1.00. The highest BCUT2D eigenvalue weighted by atomic mass is 16.5. The first-order valence-corrected chi connectivity index (χ1v) is 5.43. The molecular weight excluding hydrogens is 164 g/mol. The van der Waals surface area contributed by atoms with Crippen molar-refractivity contribution in [2.45, 2.75) is 37.8 Å². The molecule has 2 saturated heterocycles. The topological polar surface area (TPSA) is 38.5 Å². The molecule has 0 aliphatic carbocycles. The number of likely N-dealkylation sites (tertiary alicyclic amines) is 1. The van der Waals surface area contributed by atoms with E-state index in [4.69, 9.17) is 10.5 Å². The Morgan fingerprint density at radius 2 is 1.62 bits per heavy atom. The van der Waals surface area contributed by atoms with Crippen molar-refractivity contribution in [3.8, 4) is 0 Å². The first kappa shape index (κ1) is 9.44. The fourth-order valence-electron chi connectivity index (χ4n) is 2.38. The molecule has 0 bridgehead atoms. The quantitative estimate of drug-likeness (QED) is 0.659. The minimum absolute atomic E-state index is 0.0430.